The van der Waals surface area contributed by atoms with Crippen molar-refractivity contribution < 1.29 is 19.1 Å². The van der Waals surface area contributed by atoms with Crippen LogP contribution in [0.1, 0.15) is 83.4 Å². The van der Waals surface area contributed by atoms with Gasteiger partial charge in [-0.1, -0.05) is 31.2 Å². The molecule has 6 nitrogen and oxygen atoms in total. The van der Waals surface area contributed by atoms with E-state index in [4.69, 9.17) is 9.47 Å². The number of aromatic nitrogens is 1. The van der Waals surface area contributed by atoms with E-state index in [0.717, 1.165) is 45.3 Å². The van der Waals surface area contributed by atoms with Gasteiger partial charge in [0.2, 0.25) is 0 Å². The minimum Gasteiger partial charge on any atom is -0.443 e. The van der Waals surface area contributed by atoms with Crippen molar-refractivity contribution in [2.24, 2.45) is 0 Å². The fourth-order valence-corrected chi connectivity index (χ4v) is 3.77. The Kier molecular flexibility index (Phi) is 6.63. The quantitative estimate of drug-likeness (QED) is 0.524. The topological polar surface area (TPSA) is 68.7 Å². The number of amides is 2. The second-order valence-electron chi connectivity index (χ2n) is 10.3. The molecule has 1 aromatic heterocycles. The third-order valence-corrected chi connectivity index (χ3v) is 5.35. The van der Waals surface area contributed by atoms with Gasteiger partial charge >= 0.3 is 12.2 Å². The zero-order valence-electron chi connectivity index (χ0n) is 20.0. The van der Waals surface area contributed by atoms with Crippen molar-refractivity contribution in [1.29, 1.82) is 0 Å². The summed E-state index contributed by atoms with van der Waals surface area (Å²) in [6.07, 6.45) is 5.49. The summed E-state index contributed by atoms with van der Waals surface area (Å²) in [5.74, 6) is 0.432. The Morgan fingerprint density at radius 1 is 1.12 bits per heavy atom. The van der Waals surface area contributed by atoms with E-state index >= 15 is 0 Å². The number of hydrogen-bond acceptors (Lipinski definition) is 5. The number of carbonyl (C=O) groups excluding carboxylic acids is 2. The lowest BCUT2D eigenvalue weighted by Crippen LogP contribution is -2.43. The molecule has 1 fully saturated rings. The van der Waals surface area contributed by atoms with Crippen LogP contribution in [0.2, 0.25) is 0 Å². The fraction of sp³-hybridized carbons (Fsp3) is 0.500. The summed E-state index contributed by atoms with van der Waals surface area (Å²) >= 11 is 0. The van der Waals surface area contributed by atoms with E-state index in [1.54, 1.807) is 53.8 Å². The van der Waals surface area contributed by atoms with E-state index in [0.29, 0.717) is 5.92 Å². The Bertz CT molecular complexity index is 999. The number of imide groups is 1. The SMILES string of the molecule is C=Cc1c(CN(C(=O)OC(C)(C)C)C(=O)OC(C)(C)C)cc(C2CCC2)c2ncccc12. The summed E-state index contributed by atoms with van der Waals surface area (Å²) in [7, 11) is 0. The molecule has 0 N–H and O–H groups in total. The van der Waals surface area contributed by atoms with E-state index in [1.165, 1.54) is 6.42 Å². The zero-order chi connectivity index (χ0) is 23.7. The van der Waals surface area contributed by atoms with Crippen LogP contribution in [0, 0.1) is 0 Å². The molecule has 6 heteroatoms. The molecule has 0 aliphatic heterocycles. The number of carbonyl (C=O) groups is 2. The van der Waals surface area contributed by atoms with Crippen molar-refractivity contribution in [3.05, 3.63) is 47.7 Å². The first-order valence-electron chi connectivity index (χ1n) is 11.2. The summed E-state index contributed by atoms with van der Waals surface area (Å²) in [5.41, 5.74) is 2.29. The number of fused-ring (bicyclic) bond motifs is 1. The van der Waals surface area contributed by atoms with Gasteiger partial charge in [-0.3, -0.25) is 4.98 Å². The van der Waals surface area contributed by atoms with Crippen LogP contribution in [0.5, 0.6) is 0 Å². The van der Waals surface area contributed by atoms with Crippen molar-refractivity contribution in [2.75, 3.05) is 0 Å². The molecule has 0 bridgehead atoms. The molecule has 32 heavy (non-hydrogen) atoms. The van der Waals surface area contributed by atoms with Gasteiger partial charge in [0.15, 0.2) is 0 Å². The minimum atomic E-state index is -0.747. The molecule has 172 valence electrons. The van der Waals surface area contributed by atoms with E-state index in [9.17, 15) is 9.59 Å². The number of ether oxygens (including phenoxy) is 2. The molecule has 0 radical (unpaired) electrons. The molecule has 2 amide bonds. The van der Waals surface area contributed by atoms with E-state index in [-0.39, 0.29) is 6.54 Å². The Labute approximate surface area is 190 Å². The molecule has 1 aromatic carbocycles. The Balaban J connectivity index is 2.08. The van der Waals surface area contributed by atoms with Crippen LogP contribution in [-0.4, -0.2) is 33.3 Å². The van der Waals surface area contributed by atoms with E-state index in [2.05, 4.69) is 17.6 Å². The summed E-state index contributed by atoms with van der Waals surface area (Å²) in [4.78, 5) is 31.7. The molecule has 0 unspecified atom stereocenters. The van der Waals surface area contributed by atoms with Gasteiger partial charge in [0, 0.05) is 11.6 Å². The highest BCUT2D eigenvalue weighted by molar-refractivity contribution is 5.93. The van der Waals surface area contributed by atoms with Crippen LogP contribution in [-0.2, 0) is 16.0 Å². The van der Waals surface area contributed by atoms with Crippen molar-refractivity contribution in [3.8, 4) is 0 Å². The van der Waals surface area contributed by atoms with Crippen LogP contribution in [0.25, 0.3) is 17.0 Å². The van der Waals surface area contributed by atoms with Crippen molar-refractivity contribution in [1.82, 2.24) is 9.88 Å². The lowest BCUT2D eigenvalue weighted by Gasteiger charge is -2.30. The summed E-state index contributed by atoms with van der Waals surface area (Å²) in [5, 5.41) is 0.968. The maximum Gasteiger partial charge on any atom is 0.420 e. The van der Waals surface area contributed by atoms with E-state index < -0.39 is 23.4 Å². The number of benzene rings is 1. The first kappa shape index (κ1) is 23.8. The molecule has 1 aliphatic carbocycles. The standard InChI is InChI=1S/C26H34N2O4/c1-8-19-18(15-21(17-11-9-12-17)22-20(19)13-10-14-27-22)16-28(23(29)31-25(2,3)4)24(30)32-26(5,6)7/h8,10,13-15,17H,1,9,11-12,16H2,2-7H3. The molecule has 0 spiro atoms. The predicted octanol–water partition coefficient (Wildman–Crippen LogP) is 6.82. The van der Waals surface area contributed by atoms with Gasteiger partial charge < -0.3 is 9.47 Å². The Morgan fingerprint density at radius 2 is 1.72 bits per heavy atom. The Morgan fingerprint density at radius 3 is 2.19 bits per heavy atom. The maximum atomic E-state index is 13.0. The summed E-state index contributed by atoms with van der Waals surface area (Å²) < 4.78 is 11.1. The average Bonchev–Trinajstić information content (AvgIpc) is 2.61. The molecule has 1 saturated carbocycles. The fourth-order valence-electron chi connectivity index (χ4n) is 3.77. The molecular formula is C26H34N2O4. The molecule has 3 rings (SSSR count). The van der Waals surface area contributed by atoms with Crippen molar-refractivity contribution >= 4 is 29.2 Å². The summed E-state index contributed by atoms with van der Waals surface area (Å²) in [6, 6.07) is 5.97. The monoisotopic (exact) mass is 438 g/mol. The third kappa shape index (κ3) is 5.47. The second kappa shape index (κ2) is 8.93. The zero-order valence-corrected chi connectivity index (χ0v) is 20.0. The minimum absolute atomic E-state index is 0.0235. The highest BCUT2D eigenvalue weighted by Gasteiger charge is 2.32. The van der Waals surface area contributed by atoms with Crippen LogP contribution in [0.4, 0.5) is 9.59 Å². The lowest BCUT2D eigenvalue weighted by molar-refractivity contribution is -0.000252. The largest absolute Gasteiger partial charge is 0.443 e. The van der Waals surface area contributed by atoms with Gasteiger partial charge in [-0.2, -0.15) is 0 Å². The molecule has 0 saturated heterocycles. The highest BCUT2D eigenvalue weighted by Crippen LogP contribution is 2.41. The number of hydrogen-bond donors (Lipinski definition) is 0. The third-order valence-electron chi connectivity index (χ3n) is 5.35. The Hall–Kier alpha value is -2.89. The first-order valence-corrected chi connectivity index (χ1v) is 11.2. The van der Waals surface area contributed by atoms with Crippen LogP contribution in [0.3, 0.4) is 0 Å². The molecule has 1 aliphatic rings. The number of rotatable bonds is 4. The molecule has 1 heterocycles. The second-order valence-corrected chi connectivity index (χ2v) is 10.3. The number of nitrogens with zero attached hydrogens (tertiary/aromatic N) is 2. The van der Waals surface area contributed by atoms with Gasteiger partial charge in [0.25, 0.3) is 0 Å². The van der Waals surface area contributed by atoms with Crippen molar-refractivity contribution in [2.45, 2.75) is 84.5 Å². The molecule has 2 aromatic rings. The smallest absolute Gasteiger partial charge is 0.420 e. The first-order chi connectivity index (χ1) is 14.9. The highest BCUT2D eigenvalue weighted by atomic mass is 16.6. The van der Waals surface area contributed by atoms with Crippen LogP contribution < -0.4 is 0 Å². The predicted molar refractivity (Wildman–Crippen MR) is 126 cm³/mol. The van der Waals surface area contributed by atoms with Crippen molar-refractivity contribution in [3.63, 3.8) is 0 Å². The lowest BCUT2D eigenvalue weighted by atomic mass is 9.78. The van der Waals surface area contributed by atoms with Gasteiger partial charge in [0.1, 0.15) is 11.2 Å². The average molecular weight is 439 g/mol. The molecule has 0 atom stereocenters. The summed E-state index contributed by atoms with van der Waals surface area (Å²) in [6.45, 7) is 14.6. The van der Waals surface area contributed by atoms with Crippen LogP contribution >= 0.6 is 0 Å². The van der Waals surface area contributed by atoms with Gasteiger partial charge in [0.05, 0.1) is 12.1 Å². The van der Waals surface area contributed by atoms with Crippen LogP contribution in [0.15, 0.2) is 31.0 Å². The number of pyridine rings is 1. The van der Waals surface area contributed by atoms with Gasteiger partial charge in [-0.25, -0.2) is 14.5 Å². The van der Waals surface area contributed by atoms with Gasteiger partial charge in [-0.15, -0.1) is 0 Å². The van der Waals surface area contributed by atoms with Gasteiger partial charge in [-0.05, 0) is 83.1 Å². The molecular weight excluding hydrogens is 404 g/mol. The normalized spacial score (nSPS) is 14.6. The maximum absolute atomic E-state index is 13.0. The van der Waals surface area contributed by atoms with E-state index in [1.807, 2.05) is 12.1 Å².